The quantitative estimate of drug-likeness (QED) is 0.634. The van der Waals surface area contributed by atoms with E-state index in [1.807, 2.05) is 0 Å². The fourth-order valence-corrected chi connectivity index (χ4v) is 2.45. The van der Waals surface area contributed by atoms with Crippen molar-refractivity contribution in [1.82, 2.24) is 9.88 Å². The molecule has 2 aromatic rings. The highest BCUT2D eigenvalue weighted by Crippen LogP contribution is 2.26. The van der Waals surface area contributed by atoms with Crippen LogP contribution in [0.1, 0.15) is 10.4 Å². The van der Waals surface area contributed by atoms with E-state index < -0.39 is 10.8 Å². The predicted molar refractivity (Wildman–Crippen MR) is 82.7 cm³/mol. The van der Waals surface area contributed by atoms with Crippen molar-refractivity contribution in [2.24, 2.45) is 0 Å². The number of carbonyl (C=O) groups is 1. The molecule has 0 atom stereocenters. The third kappa shape index (κ3) is 3.24. The van der Waals surface area contributed by atoms with Gasteiger partial charge in [0.2, 0.25) is 5.88 Å². The second-order valence-electron chi connectivity index (χ2n) is 5.04. The minimum Gasteiger partial charge on any atom is -0.471 e. The fourth-order valence-electron chi connectivity index (χ4n) is 2.28. The number of nitro groups is 1. The normalized spacial score (nSPS) is 14.2. The van der Waals surface area contributed by atoms with E-state index >= 15 is 0 Å². The maximum atomic E-state index is 12.4. The van der Waals surface area contributed by atoms with E-state index in [2.05, 4.69) is 4.98 Å². The molecule has 0 saturated carbocycles. The lowest BCUT2D eigenvalue weighted by Gasteiger charge is -2.38. The number of amides is 1. The van der Waals surface area contributed by atoms with Gasteiger partial charge in [-0.25, -0.2) is 4.98 Å². The zero-order valence-corrected chi connectivity index (χ0v) is 12.6. The summed E-state index contributed by atoms with van der Waals surface area (Å²) in [7, 11) is 0. The Bertz CT molecular complexity index is 748. The first-order valence-corrected chi connectivity index (χ1v) is 7.23. The van der Waals surface area contributed by atoms with Crippen LogP contribution in [0.4, 0.5) is 5.69 Å². The lowest BCUT2D eigenvalue weighted by molar-refractivity contribution is -0.385. The summed E-state index contributed by atoms with van der Waals surface area (Å²) in [6.07, 6.45) is 1.44. The molecule has 7 nitrogen and oxygen atoms in total. The number of hydrogen-bond donors (Lipinski definition) is 0. The highest BCUT2D eigenvalue weighted by molar-refractivity contribution is 6.31. The van der Waals surface area contributed by atoms with Crippen molar-refractivity contribution in [3.05, 3.63) is 63.3 Å². The number of pyridine rings is 1. The number of rotatable bonds is 4. The summed E-state index contributed by atoms with van der Waals surface area (Å²) in [6.45, 7) is 0.693. The number of carbonyl (C=O) groups excluding carboxylic acids is 1. The van der Waals surface area contributed by atoms with Gasteiger partial charge in [0.1, 0.15) is 11.7 Å². The minimum absolute atomic E-state index is 0.0150. The van der Waals surface area contributed by atoms with Gasteiger partial charge in [-0.15, -0.1) is 0 Å². The lowest BCUT2D eigenvalue weighted by atomic mass is 10.1. The fraction of sp³-hybridized carbons (Fsp3) is 0.200. The van der Waals surface area contributed by atoms with Gasteiger partial charge in [-0.2, -0.15) is 0 Å². The maximum Gasteiger partial charge on any atom is 0.282 e. The van der Waals surface area contributed by atoms with Gasteiger partial charge in [0.25, 0.3) is 11.6 Å². The van der Waals surface area contributed by atoms with Crippen molar-refractivity contribution in [1.29, 1.82) is 0 Å². The summed E-state index contributed by atoms with van der Waals surface area (Å²) >= 11 is 5.84. The third-order valence-electron chi connectivity index (χ3n) is 3.45. The van der Waals surface area contributed by atoms with Gasteiger partial charge >= 0.3 is 0 Å². The molecule has 118 valence electrons. The molecular formula is C15H12ClN3O4. The van der Waals surface area contributed by atoms with Crippen LogP contribution in [-0.2, 0) is 0 Å². The van der Waals surface area contributed by atoms with Gasteiger partial charge in [-0.05, 0) is 18.2 Å². The van der Waals surface area contributed by atoms with E-state index in [9.17, 15) is 14.9 Å². The Morgan fingerprint density at radius 2 is 2.13 bits per heavy atom. The summed E-state index contributed by atoms with van der Waals surface area (Å²) in [5.41, 5.74) is -0.271. The van der Waals surface area contributed by atoms with Crippen molar-refractivity contribution in [3.8, 4) is 5.88 Å². The van der Waals surface area contributed by atoms with E-state index in [0.29, 0.717) is 19.0 Å². The van der Waals surface area contributed by atoms with Crippen LogP contribution in [0, 0.1) is 10.1 Å². The molecule has 2 heterocycles. The van der Waals surface area contributed by atoms with E-state index in [-0.39, 0.29) is 22.4 Å². The molecule has 8 heteroatoms. The highest BCUT2D eigenvalue weighted by atomic mass is 35.5. The molecule has 0 spiro atoms. The van der Waals surface area contributed by atoms with E-state index in [1.165, 1.54) is 23.1 Å². The topological polar surface area (TPSA) is 85.6 Å². The first-order chi connectivity index (χ1) is 11.0. The van der Waals surface area contributed by atoms with Gasteiger partial charge in [0, 0.05) is 23.4 Å². The Balaban J connectivity index is 1.67. The molecular weight excluding hydrogens is 322 g/mol. The summed E-state index contributed by atoms with van der Waals surface area (Å²) < 4.78 is 5.60. The first kappa shape index (κ1) is 15.2. The molecule has 3 rings (SSSR count). The summed E-state index contributed by atoms with van der Waals surface area (Å²) in [5, 5.41) is 11.3. The Kier molecular flexibility index (Phi) is 4.12. The molecule has 1 aromatic carbocycles. The van der Waals surface area contributed by atoms with Crippen molar-refractivity contribution in [2.45, 2.75) is 6.10 Å². The average Bonchev–Trinajstić information content (AvgIpc) is 2.50. The number of halogens is 1. The molecule has 0 N–H and O–H groups in total. The van der Waals surface area contributed by atoms with Gasteiger partial charge < -0.3 is 9.64 Å². The minimum atomic E-state index is -0.592. The maximum absolute atomic E-state index is 12.4. The van der Waals surface area contributed by atoms with Crippen LogP contribution in [0.5, 0.6) is 5.88 Å². The largest absolute Gasteiger partial charge is 0.471 e. The lowest BCUT2D eigenvalue weighted by Crippen LogP contribution is -2.56. The van der Waals surface area contributed by atoms with Crippen molar-refractivity contribution in [3.63, 3.8) is 0 Å². The van der Waals surface area contributed by atoms with E-state index in [4.69, 9.17) is 16.3 Å². The highest BCUT2D eigenvalue weighted by Gasteiger charge is 2.35. The molecule has 0 unspecified atom stereocenters. The number of aromatic nitrogens is 1. The number of benzene rings is 1. The molecule has 1 aliphatic heterocycles. The van der Waals surface area contributed by atoms with Gasteiger partial charge in [0.05, 0.1) is 18.0 Å². The standard InChI is InChI=1S/C15H12ClN3O4/c16-10-4-5-13(19(21)22)12(7-10)15(20)18-8-11(9-18)23-14-3-1-2-6-17-14/h1-7,11H,8-9H2. The molecule has 0 bridgehead atoms. The van der Waals surface area contributed by atoms with Gasteiger partial charge in [0.15, 0.2) is 0 Å². The number of ether oxygens (including phenoxy) is 1. The molecule has 1 aromatic heterocycles. The second kappa shape index (κ2) is 6.21. The van der Waals surface area contributed by atoms with Crippen molar-refractivity contribution in [2.75, 3.05) is 13.1 Å². The number of nitrogens with zero attached hydrogens (tertiary/aromatic N) is 3. The van der Waals surface area contributed by atoms with Gasteiger partial charge in [-0.1, -0.05) is 17.7 Å². The van der Waals surface area contributed by atoms with Crippen LogP contribution in [0.3, 0.4) is 0 Å². The van der Waals surface area contributed by atoms with Crippen molar-refractivity contribution < 1.29 is 14.5 Å². The van der Waals surface area contributed by atoms with E-state index in [1.54, 1.807) is 24.4 Å². The Morgan fingerprint density at radius 3 is 2.78 bits per heavy atom. The number of nitro benzene ring substituents is 1. The molecule has 0 radical (unpaired) electrons. The molecule has 1 aliphatic rings. The summed E-state index contributed by atoms with van der Waals surface area (Å²) in [6, 6.07) is 9.25. The molecule has 1 saturated heterocycles. The predicted octanol–water partition coefficient (Wildman–Crippen LogP) is 2.55. The van der Waals surface area contributed by atoms with Crippen molar-refractivity contribution >= 4 is 23.2 Å². The zero-order valence-electron chi connectivity index (χ0n) is 11.9. The van der Waals surface area contributed by atoms with Gasteiger partial charge in [-0.3, -0.25) is 14.9 Å². The Labute approximate surface area is 136 Å². The van der Waals surface area contributed by atoms with Crippen LogP contribution in [0.2, 0.25) is 5.02 Å². The molecule has 1 amide bonds. The second-order valence-corrected chi connectivity index (χ2v) is 5.47. The summed E-state index contributed by atoms with van der Waals surface area (Å²) in [4.78, 5) is 28.4. The monoisotopic (exact) mass is 333 g/mol. The molecule has 0 aliphatic carbocycles. The van der Waals surface area contributed by atoms with E-state index in [0.717, 1.165) is 0 Å². The van der Waals surface area contributed by atoms with Crippen LogP contribution < -0.4 is 4.74 Å². The Morgan fingerprint density at radius 1 is 1.35 bits per heavy atom. The average molecular weight is 334 g/mol. The van der Waals surface area contributed by atoms with Crippen LogP contribution >= 0.6 is 11.6 Å². The van der Waals surface area contributed by atoms with Crippen LogP contribution in [-0.4, -0.2) is 39.9 Å². The number of hydrogen-bond acceptors (Lipinski definition) is 5. The number of likely N-dealkylation sites (tertiary alicyclic amines) is 1. The zero-order chi connectivity index (χ0) is 16.4. The smallest absolute Gasteiger partial charge is 0.282 e. The molecule has 23 heavy (non-hydrogen) atoms. The van der Waals surface area contributed by atoms with Crippen LogP contribution in [0.15, 0.2) is 42.6 Å². The molecule has 1 fully saturated rings. The Hall–Kier alpha value is -2.67. The third-order valence-corrected chi connectivity index (χ3v) is 3.68. The SMILES string of the molecule is O=C(c1cc(Cl)ccc1[N+](=O)[O-])N1CC(Oc2ccccn2)C1. The summed E-state index contributed by atoms with van der Waals surface area (Å²) in [5.74, 6) is 0.0541. The first-order valence-electron chi connectivity index (χ1n) is 6.85. The van der Waals surface area contributed by atoms with Crippen LogP contribution in [0.25, 0.3) is 0 Å².